The first-order valence-corrected chi connectivity index (χ1v) is 15.5. The Hall–Kier alpha value is -5.20. The van der Waals surface area contributed by atoms with Gasteiger partial charge in [0.25, 0.3) is 0 Å². The Balaban J connectivity index is 1.42. The number of allylic oxidation sites excluding steroid dienone is 2. The lowest BCUT2D eigenvalue weighted by Gasteiger charge is -2.28. The maximum Gasteiger partial charge on any atom is 0.337 e. The fourth-order valence-corrected chi connectivity index (χ4v) is 5.06. The highest BCUT2D eigenvalue weighted by Crippen LogP contribution is 2.36. The van der Waals surface area contributed by atoms with E-state index >= 15 is 0 Å². The number of ether oxygens (including phenoxy) is 5. The molecular formula is C35H39ClN4O8. The molecule has 0 radical (unpaired) electrons. The molecule has 13 heteroatoms. The Labute approximate surface area is 284 Å². The minimum absolute atomic E-state index is 0.171. The van der Waals surface area contributed by atoms with E-state index < -0.39 is 24.3 Å². The molecule has 0 unspecified atom stereocenters. The van der Waals surface area contributed by atoms with Gasteiger partial charge in [0.05, 0.1) is 38.7 Å². The molecule has 3 aromatic rings. The molecule has 0 saturated heterocycles. The number of urea groups is 1. The number of carbonyl (C=O) groups is 2. The minimum atomic E-state index is -1.17. The van der Waals surface area contributed by atoms with E-state index in [0.717, 1.165) is 11.1 Å². The predicted octanol–water partition coefficient (Wildman–Crippen LogP) is 5.18. The summed E-state index contributed by atoms with van der Waals surface area (Å²) in [6, 6.07) is 14.9. The summed E-state index contributed by atoms with van der Waals surface area (Å²) in [7, 11) is 2.83. The smallest absolute Gasteiger partial charge is 0.337 e. The molecule has 0 bridgehead atoms. The summed E-state index contributed by atoms with van der Waals surface area (Å²) in [6.07, 6.45) is 2.67. The summed E-state index contributed by atoms with van der Waals surface area (Å²) in [5.74, 6) is 1.25. The van der Waals surface area contributed by atoms with Crippen LogP contribution in [-0.2, 0) is 22.6 Å². The van der Waals surface area contributed by atoms with Crippen LogP contribution in [0.3, 0.4) is 0 Å². The van der Waals surface area contributed by atoms with Crippen LogP contribution in [0.4, 0.5) is 4.79 Å². The molecule has 254 valence electrons. The lowest BCUT2D eigenvalue weighted by atomic mass is 9.95. The topological polar surface area (TPSA) is 149 Å². The van der Waals surface area contributed by atoms with E-state index in [4.69, 9.17) is 35.3 Å². The molecule has 0 aliphatic carbocycles. The van der Waals surface area contributed by atoms with Crippen LogP contribution >= 0.6 is 11.6 Å². The van der Waals surface area contributed by atoms with Crippen LogP contribution in [0.2, 0.25) is 5.02 Å². The van der Waals surface area contributed by atoms with Crippen LogP contribution in [-0.4, -0.2) is 57.0 Å². The lowest BCUT2D eigenvalue weighted by Crippen LogP contribution is -2.45. The van der Waals surface area contributed by atoms with Gasteiger partial charge in [-0.1, -0.05) is 35.9 Å². The fraction of sp³-hybridized carbons (Fsp3) is 0.286. The average molecular weight is 679 g/mol. The number of hydrazone groups is 1. The molecule has 1 heterocycles. The first kappa shape index (κ1) is 35.7. The zero-order valence-electron chi connectivity index (χ0n) is 27.2. The summed E-state index contributed by atoms with van der Waals surface area (Å²) in [5.41, 5.74) is 6.39. The van der Waals surface area contributed by atoms with Gasteiger partial charge in [-0.05, 0) is 73.4 Å². The highest BCUT2D eigenvalue weighted by Gasteiger charge is 2.32. The third-order valence-corrected chi connectivity index (χ3v) is 7.40. The maximum atomic E-state index is 12.5. The van der Waals surface area contributed by atoms with Crippen molar-refractivity contribution in [3.63, 3.8) is 0 Å². The van der Waals surface area contributed by atoms with Crippen LogP contribution < -0.4 is 35.0 Å². The number of aliphatic hydroxyl groups excluding tert-OH is 1. The Morgan fingerprint density at radius 1 is 1.08 bits per heavy atom. The summed E-state index contributed by atoms with van der Waals surface area (Å²) < 4.78 is 28.3. The van der Waals surface area contributed by atoms with Gasteiger partial charge in [0.1, 0.15) is 13.2 Å². The molecule has 0 saturated carbocycles. The molecule has 1 aliphatic rings. The van der Waals surface area contributed by atoms with E-state index in [1.54, 1.807) is 62.7 Å². The van der Waals surface area contributed by atoms with Crippen molar-refractivity contribution in [1.29, 1.82) is 0 Å². The minimum Gasteiger partial charge on any atom is -0.493 e. The van der Waals surface area contributed by atoms with Crippen molar-refractivity contribution in [2.75, 3.05) is 27.4 Å². The average Bonchev–Trinajstić information content (AvgIpc) is 3.07. The molecule has 4 rings (SSSR count). The Morgan fingerprint density at radius 2 is 1.85 bits per heavy atom. The summed E-state index contributed by atoms with van der Waals surface area (Å²) in [6.45, 7) is 7.77. The summed E-state index contributed by atoms with van der Waals surface area (Å²) in [5, 5.41) is 20.7. The Morgan fingerprint density at radius 3 is 2.54 bits per heavy atom. The van der Waals surface area contributed by atoms with Gasteiger partial charge in [-0.3, -0.25) is 5.43 Å². The molecule has 4 N–H and O–H groups in total. The zero-order valence-corrected chi connectivity index (χ0v) is 27.9. The van der Waals surface area contributed by atoms with E-state index in [2.05, 4.69) is 27.7 Å². The SMILES string of the molecule is C=CCc1cc(/C=N\N[C@@H](O)COc2ccc([C@H]3NC(=O)NC(C)=C3C(=O)OC)cc2OCC)cc(OC)c1OCc1ccc(Cl)cc1. The molecule has 1 aliphatic heterocycles. The highest BCUT2D eigenvalue weighted by atomic mass is 35.5. The Kier molecular flexibility index (Phi) is 12.7. The van der Waals surface area contributed by atoms with Gasteiger partial charge in [-0.25, -0.2) is 9.59 Å². The second kappa shape index (κ2) is 17.1. The third-order valence-electron chi connectivity index (χ3n) is 7.14. The maximum absolute atomic E-state index is 12.5. The van der Waals surface area contributed by atoms with E-state index in [1.807, 2.05) is 25.1 Å². The normalized spacial score (nSPS) is 14.9. The molecule has 0 fully saturated rings. The lowest BCUT2D eigenvalue weighted by molar-refractivity contribution is -0.136. The van der Waals surface area contributed by atoms with Crippen molar-refractivity contribution in [2.24, 2.45) is 5.10 Å². The second-order valence-electron chi connectivity index (χ2n) is 10.5. The first-order valence-electron chi connectivity index (χ1n) is 15.1. The van der Waals surface area contributed by atoms with Crippen LogP contribution in [0.15, 0.2) is 83.6 Å². The fourth-order valence-electron chi connectivity index (χ4n) is 4.94. The molecule has 0 aromatic heterocycles. The number of halogens is 1. The standard InChI is InChI=1S/C35H39ClN4O8/c1-6-8-25-15-23(16-29(44-4)33(25)48-19-22-9-12-26(36)13-10-22)18-37-40-30(41)20-47-27-14-11-24(17-28(27)46-7-2)32-31(34(42)45-5)21(3)38-35(43)39-32/h6,9-18,30,32,40-41H,1,7-8,19-20H2,2-5H3,(H2,38,39,43)/b37-18-/t30-,32+/m0/s1. The van der Waals surface area contributed by atoms with Crippen molar-refractivity contribution in [3.05, 3.63) is 106 Å². The molecule has 2 atom stereocenters. The number of hydrogen-bond acceptors (Lipinski definition) is 10. The van der Waals surface area contributed by atoms with E-state index in [0.29, 0.717) is 64.5 Å². The molecule has 0 spiro atoms. The number of rotatable bonds is 16. The number of carbonyl (C=O) groups excluding carboxylic acids is 2. The van der Waals surface area contributed by atoms with Gasteiger partial charge < -0.3 is 39.4 Å². The second-order valence-corrected chi connectivity index (χ2v) is 11.0. The van der Waals surface area contributed by atoms with Crippen molar-refractivity contribution >= 4 is 29.8 Å². The number of aliphatic hydroxyl groups is 1. The number of methoxy groups -OCH3 is 2. The zero-order chi connectivity index (χ0) is 34.6. The molecule has 3 aromatic carbocycles. The van der Waals surface area contributed by atoms with Crippen molar-refractivity contribution in [1.82, 2.24) is 16.1 Å². The van der Waals surface area contributed by atoms with E-state index in [9.17, 15) is 14.7 Å². The number of esters is 1. The Bertz CT molecular complexity index is 1680. The van der Waals surface area contributed by atoms with Crippen LogP contribution in [0.25, 0.3) is 0 Å². The quantitative estimate of drug-likeness (QED) is 0.0529. The van der Waals surface area contributed by atoms with Gasteiger partial charge in [0, 0.05) is 16.3 Å². The van der Waals surface area contributed by atoms with Gasteiger partial charge >= 0.3 is 12.0 Å². The van der Waals surface area contributed by atoms with E-state index in [1.165, 1.54) is 7.11 Å². The highest BCUT2D eigenvalue weighted by molar-refractivity contribution is 6.30. The van der Waals surface area contributed by atoms with Gasteiger partial charge in [0.2, 0.25) is 0 Å². The van der Waals surface area contributed by atoms with Crippen molar-refractivity contribution in [2.45, 2.75) is 39.1 Å². The summed E-state index contributed by atoms with van der Waals surface area (Å²) in [4.78, 5) is 24.7. The monoisotopic (exact) mass is 678 g/mol. The number of hydrogen-bond donors (Lipinski definition) is 4. The van der Waals surface area contributed by atoms with Crippen LogP contribution in [0.5, 0.6) is 23.0 Å². The molecular weight excluding hydrogens is 640 g/mol. The van der Waals surface area contributed by atoms with Crippen molar-refractivity contribution < 1.29 is 38.4 Å². The van der Waals surface area contributed by atoms with E-state index in [-0.39, 0.29) is 12.2 Å². The number of nitrogens with one attached hydrogen (secondary N) is 3. The van der Waals surface area contributed by atoms with Crippen LogP contribution in [0, 0.1) is 0 Å². The number of benzene rings is 3. The first-order chi connectivity index (χ1) is 23.2. The number of amides is 2. The van der Waals surface area contributed by atoms with Crippen LogP contribution in [0.1, 0.15) is 42.1 Å². The van der Waals surface area contributed by atoms with Gasteiger partial charge in [0.15, 0.2) is 29.2 Å². The largest absolute Gasteiger partial charge is 0.493 e. The molecule has 48 heavy (non-hydrogen) atoms. The third kappa shape index (κ3) is 9.20. The predicted molar refractivity (Wildman–Crippen MR) is 182 cm³/mol. The van der Waals surface area contributed by atoms with Gasteiger partial charge in [-0.15, -0.1) is 6.58 Å². The summed E-state index contributed by atoms with van der Waals surface area (Å²) >= 11 is 6.00. The molecule has 12 nitrogen and oxygen atoms in total. The molecule has 2 amide bonds. The van der Waals surface area contributed by atoms with Crippen molar-refractivity contribution in [3.8, 4) is 23.0 Å². The van der Waals surface area contributed by atoms with Gasteiger partial charge in [-0.2, -0.15) is 5.10 Å². The number of nitrogens with zero attached hydrogens (tertiary/aromatic N) is 1.